The molecule has 0 radical (unpaired) electrons. The van der Waals surface area contributed by atoms with Crippen LogP contribution in [0.5, 0.6) is 0 Å². The number of nitrogens with two attached hydrogens (primary N) is 1. The van der Waals surface area contributed by atoms with E-state index >= 15 is 0 Å². The third-order valence-corrected chi connectivity index (χ3v) is 3.40. The molecule has 1 fully saturated rings. The highest BCUT2D eigenvalue weighted by Gasteiger charge is 2.11. The summed E-state index contributed by atoms with van der Waals surface area (Å²) in [5.41, 5.74) is 5.40. The van der Waals surface area contributed by atoms with Gasteiger partial charge in [0, 0.05) is 19.1 Å². The summed E-state index contributed by atoms with van der Waals surface area (Å²) in [5, 5.41) is 9.98. The van der Waals surface area contributed by atoms with Crippen molar-refractivity contribution >= 4 is 0 Å². The van der Waals surface area contributed by atoms with E-state index in [4.69, 9.17) is 5.73 Å². The fourth-order valence-corrected chi connectivity index (χ4v) is 2.25. The van der Waals surface area contributed by atoms with Crippen LogP contribution in [-0.4, -0.2) is 45.3 Å². The number of hydrogen-bond acceptors (Lipinski definition) is 4. The van der Waals surface area contributed by atoms with Gasteiger partial charge in [0.15, 0.2) is 0 Å². The van der Waals surface area contributed by atoms with Gasteiger partial charge in [0.05, 0.1) is 0 Å². The Hall–Kier alpha value is -0.160. The van der Waals surface area contributed by atoms with Crippen molar-refractivity contribution in [1.29, 1.82) is 0 Å². The van der Waals surface area contributed by atoms with E-state index in [1.54, 1.807) is 0 Å². The number of nitrogens with one attached hydrogen (secondary N) is 3. The second-order valence-corrected chi connectivity index (χ2v) is 5.14. The third-order valence-electron chi connectivity index (χ3n) is 3.40. The summed E-state index contributed by atoms with van der Waals surface area (Å²) in [6, 6.07) is 0.801. The molecule has 1 aliphatic rings. The maximum Gasteiger partial charge on any atom is 0.00766 e. The largest absolute Gasteiger partial charge is 0.330 e. The Bertz CT molecular complexity index is 152. The summed E-state index contributed by atoms with van der Waals surface area (Å²) in [6.45, 7) is 10.5. The quantitative estimate of drug-likeness (QED) is 0.480. The van der Waals surface area contributed by atoms with Crippen LogP contribution in [0.2, 0.25) is 0 Å². The minimum Gasteiger partial charge on any atom is -0.330 e. The third kappa shape index (κ3) is 14.1. The first-order chi connectivity index (χ1) is 9.35. The van der Waals surface area contributed by atoms with Crippen LogP contribution in [0.25, 0.3) is 0 Å². The van der Waals surface area contributed by atoms with Gasteiger partial charge in [-0.25, -0.2) is 0 Å². The molecule has 0 amide bonds. The second-order valence-electron chi connectivity index (χ2n) is 5.14. The molecule has 4 heteroatoms. The summed E-state index contributed by atoms with van der Waals surface area (Å²) in [6.07, 6.45) is 8.15. The summed E-state index contributed by atoms with van der Waals surface area (Å²) in [4.78, 5) is 0. The standard InChI is InChI=1S/C9H20N2.C6H16N2/c10-7-4-8-11-9-5-2-1-3-6-9;1-3-7-5-6-8-4-2/h9,11H,1-8,10H2;7-8H,3-6H2,1-2H3. The van der Waals surface area contributed by atoms with E-state index in [2.05, 4.69) is 29.8 Å². The fourth-order valence-electron chi connectivity index (χ4n) is 2.25. The smallest absolute Gasteiger partial charge is 0.00766 e. The zero-order valence-corrected chi connectivity index (χ0v) is 13.1. The molecule has 0 unspecified atom stereocenters. The molecule has 116 valence electrons. The van der Waals surface area contributed by atoms with Crippen molar-refractivity contribution in [3.63, 3.8) is 0 Å². The molecule has 5 N–H and O–H groups in total. The zero-order chi connectivity index (χ0) is 14.2. The molecule has 1 saturated carbocycles. The van der Waals surface area contributed by atoms with Crippen molar-refractivity contribution in [2.75, 3.05) is 39.3 Å². The van der Waals surface area contributed by atoms with Gasteiger partial charge in [-0.3, -0.25) is 0 Å². The Morgan fingerprint density at radius 2 is 1.47 bits per heavy atom. The summed E-state index contributed by atoms with van der Waals surface area (Å²) < 4.78 is 0. The van der Waals surface area contributed by atoms with Crippen molar-refractivity contribution in [3.05, 3.63) is 0 Å². The maximum absolute atomic E-state index is 5.40. The number of hydrogen-bond donors (Lipinski definition) is 4. The van der Waals surface area contributed by atoms with Gasteiger partial charge in [-0.2, -0.15) is 0 Å². The van der Waals surface area contributed by atoms with Crippen molar-refractivity contribution in [2.45, 2.75) is 58.4 Å². The van der Waals surface area contributed by atoms with Crippen LogP contribution in [0.4, 0.5) is 0 Å². The first kappa shape index (κ1) is 18.8. The van der Waals surface area contributed by atoms with Crippen LogP contribution in [0.3, 0.4) is 0 Å². The highest BCUT2D eigenvalue weighted by Crippen LogP contribution is 2.16. The Morgan fingerprint density at radius 1 is 0.895 bits per heavy atom. The Kier molecular flexibility index (Phi) is 15.8. The minimum atomic E-state index is 0.801. The van der Waals surface area contributed by atoms with E-state index in [-0.39, 0.29) is 0 Å². The predicted molar refractivity (Wildman–Crippen MR) is 85.6 cm³/mol. The van der Waals surface area contributed by atoms with Crippen LogP contribution in [0.15, 0.2) is 0 Å². The van der Waals surface area contributed by atoms with E-state index in [1.807, 2.05) is 0 Å². The lowest BCUT2D eigenvalue weighted by Crippen LogP contribution is -2.32. The van der Waals surface area contributed by atoms with E-state index in [9.17, 15) is 0 Å². The van der Waals surface area contributed by atoms with Crippen LogP contribution >= 0.6 is 0 Å². The van der Waals surface area contributed by atoms with Gasteiger partial charge < -0.3 is 21.7 Å². The van der Waals surface area contributed by atoms with E-state index in [1.165, 1.54) is 32.1 Å². The Labute approximate surface area is 120 Å². The fraction of sp³-hybridized carbons (Fsp3) is 1.00. The van der Waals surface area contributed by atoms with Gasteiger partial charge in [0.1, 0.15) is 0 Å². The van der Waals surface area contributed by atoms with Crippen molar-refractivity contribution < 1.29 is 0 Å². The number of rotatable bonds is 9. The first-order valence-electron chi connectivity index (χ1n) is 8.20. The molecule has 19 heavy (non-hydrogen) atoms. The van der Waals surface area contributed by atoms with E-state index < -0.39 is 0 Å². The molecule has 0 aromatic rings. The molecule has 4 nitrogen and oxygen atoms in total. The highest BCUT2D eigenvalue weighted by molar-refractivity contribution is 4.71. The van der Waals surface area contributed by atoms with Crippen LogP contribution in [-0.2, 0) is 0 Å². The van der Waals surface area contributed by atoms with Crippen LogP contribution < -0.4 is 21.7 Å². The lowest BCUT2D eigenvalue weighted by Gasteiger charge is -2.22. The van der Waals surface area contributed by atoms with Crippen LogP contribution in [0.1, 0.15) is 52.4 Å². The van der Waals surface area contributed by atoms with Crippen LogP contribution in [0, 0.1) is 0 Å². The average molecular weight is 272 g/mol. The Balaban J connectivity index is 0.000000362. The minimum absolute atomic E-state index is 0.801. The maximum atomic E-state index is 5.40. The molecule has 0 saturated heterocycles. The monoisotopic (exact) mass is 272 g/mol. The molecule has 0 bridgehead atoms. The van der Waals surface area contributed by atoms with Gasteiger partial charge in [0.25, 0.3) is 0 Å². The highest BCUT2D eigenvalue weighted by atomic mass is 14.9. The zero-order valence-electron chi connectivity index (χ0n) is 13.1. The van der Waals surface area contributed by atoms with Crippen molar-refractivity contribution in [3.8, 4) is 0 Å². The van der Waals surface area contributed by atoms with Gasteiger partial charge in [0.2, 0.25) is 0 Å². The van der Waals surface area contributed by atoms with E-state index in [0.717, 1.165) is 51.7 Å². The van der Waals surface area contributed by atoms with Gasteiger partial charge in [-0.15, -0.1) is 0 Å². The van der Waals surface area contributed by atoms with E-state index in [0.29, 0.717) is 0 Å². The molecule has 0 aromatic heterocycles. The SMILES string of the molecule is CCNCCNCC.NCCCNC1CCCCC1. The predicted octanol–water partition coefficient (Wildman–Crippen LogP) is 1.46. The molecular weight excluding hydrogens is 236 g/mol. The molecule has 1 rings (SSSR count). The lowest BCUT2D eigenvalue weighted by atomic mass is 9.95. The molecule has 1 aliphatic carbocycles. The summed E-state index contributed by atoms with van der Waals surface area (Å²) in [5.74, 6) is 0. The van der Waals surface area contributed by atoms with Gasteiger partial charge in [-0.05, 0) is 45.4 Å². The van der Waals surface area contributed by atoms with Crippen molar-refractivity contribution in [1.82, 2.24) is 16.0 Å². The molecule has 0 spiro atoms. The lowest BCUT2D eigenvalue weighted by molar-refractivity contribution is 0.373. The first-order valence-corrected chi connectivity index (χ1v) is 8.20. The van der Waals surface area contributed by atoms with Gasteiger partial charge in [-0.1, -0.05) is 33.1 Å². The number of likely N-dealkylation sites (N-methyl/N-ethyl adjacent to an activating group) is 2. The normalized spacial score (nSPS) is 15.9. The Morgan fingerprint density at radius 3 is 1.95 bits per heavy atom. The molecule has 0 aromatic carbocycles. The van der Waals surface area contributed by atoms with Gasteiger partial charge >= 0.3 is 0 Å². The molecule has 0 heterocycles. The molecule has 0 aliphatic heterocycles. The topological polar surface area (TPSA) is 62.1 Å². The second kappa shape index (κ2) is 15.9. The molecule has 0 atom stereocenters. The molecular formula is C15H36N4. The summed E-state index contributed by atoms with van der Waals surface area (Å²) in [7, 11) is 0. The van der Waals surface area contributed by atoms with Crippen molar-refractivity contribution in [2.24, 2.45) is 5.73 Å². The average Bonchev–Trinajstić information content (AvgIpc) is 2.46. The summed E-state index contributed by atoms with van der Waals surface area (Å²) >= 11 is 0.